The van der Waals surface area contributed by atoms with Crippen molar-refractivity contribution in [1.29, 1.82) is 0 Å². The number of carbonyl (C=O) groups excluding carboxylic acids is 1. The maximum atomic E-state index is 12.1. The SMILES string of the molecule is COCCC(=O)N1CCC[C@H](c2nc3ccccc3o2)C1. The third-order valence-electron chi connectivity index (χ3n) is 3.95. The van der Waals surface area contributed by atoms with E-state index in [1.54, 1.807) is 7.11 Å². The molecule has 5 nitrogen and oxygen atoms in total. The Hall–Kier alpha value is -1.88. The van der Waals surface area contributed by atoms with Crippen molar-refractivity contribution >= 4 is 17.0 Å². The molecule has 1 aliphatic rings. The lowest BCUT2D eigenvalue weighted by Gasteiger charge is -2.31. The number of hydrogen-bond donors (Lipinski definition) is 0. The molecule has 0 spiro atoms. The summed E-state index contributed by atoms with van der Waals surface area (Å²) in [6.45, 7) is 1.98. The van der Waals surface area contributed by atoms with Gasteiger partial charge in [-0.3, -0.25) is 4.79 Å². The van der Waals surface area contributed by atoms with Gasteiger partial charge in [-0.05, 0) is 25.0 Å². The molecule has 21 heavy (non-hydrogen) atoms. The van der Waals surface area contributed by atoms with E-state index in [0.29, 0.717) is 19.6 Å². The van der Waals surface area contributed by atoms with Gasteiger partial charge in [0.15, 0.2) is 11.5 Å². The summed E-state index contributed by atoms with van der Waals surface area (Å²) < 4.78 is 10.8. The Labute approximate surface area is 123 Å². The second kappa shape index (κ2) is 6.26. The molecular formula is C16H20N2O3. The summed E-state index contributed by atoms with van der Waals surface area (Å²) in [5.41, 5.74) is 1.70. The molecule has 1 aromatic heterocycles. The van der Waals surface area contributed by atoms with Crippen LogP contribution in [0.25, 0.3) is 11.1 Å². The van der Waals surface area contributed by atoms with Crippen LogP contribution in [0, 0.1) is 0 Å². The van der Waals surface area contributed by atoms with Crippen LogP contribution in [-0.2, 0) is 9.53 Å². The van der Waals surface area contributed by atoms with Crippen molar-refractivity contribution < 1.29 is 13.9 Å². The summed E-state index contributed by atoms with van der Waals surface area (Å²) >= 11 is 0. The number of nitrogens with zero attached hydrogens (tertiary/aromatic N) is 2. The van der Waals surface area contributed by atoms with Crippen LogP contribution in [0.15, 0.2) is 28.7 Å². The number of para-hydroxylation sites is 2. The van der Waals surface area contributed by atoms with Crippen LogP contribution in [0.4, 0.5) is 0 Å². The molecule has 1 amide bonds. The van der Waals surface area contributed by atoms with Crippen LogP contribution >= 0.6 is 0 Å². The second-order valence-electron chi connectivity index (χ2n) is 5.44. The summed E-state index contributed by atoms with van der Waals surface area (Å²) in [5, 5.41) is 0. The predicted molar refractivity (Wildman–Crippen MR) is 79.1 cm³/mol. The van der Waals surface area contributed by atoms with Crippen LogP contribution in [0.2, 0.25) is 0 Å². The molecule has 1 atom stereocenters. The molecule has 0 bridgehead atoms. The van der Waals surface area contributed by atoms with Gasteiger partial charge >= 0.3 is 0 Å². The average Bonchev–Trinajstić information content (AvgIpc) is 2.97. The number of carbonyl (C=O) groups is 1. The summed E-state index contributed by atoms with van der Waals surface area (Å²) in [7, 11) is 1.62. The number of ether oxygens (including phenoxy) is 1. The first kappa shape index (κ1) is 14.1. The molecule has 1 fully saturated rings. The lowest BCUT2D eigenvalue weighted by molar-refractivity contribution is -0.133. The van der Waals surface area contributed by atoms with Crippen LogP contribution in [-0.4, -0.2) is 42.6 Å². The van der Waals surface area contributed by atoms with Crippen molar-refractivity contribution in [2.75, 3.05) is 26.8 Å². The summed E-state index contributed by atoms with van der Waals surface area (Å²) in [6.07, 6.45) is 2.44. The van der Waals surface area contributed by atoms with E-state index in [9.17, 15) is 4.79 Å². The van der Waals surface area contributed by atoms with E-state index in [2.05, 4.69) is 4.98 Å². The van der Waals surface area contributed by atoms with Crippen molar-refractivity contribution in [1.82, 2.24) is 9.88 Å². The van der Waals surface area contributed by atoms with Crippen molar-refractivity contribution in [3.63, 3.8) is 0 Å². The monoisotopic (exact) mass is 288 g/mol. The third kappa shape index (κ3) is 3.08. The van der Waals surface area contributed by atoms with E-state index in [1.165, 1.54) is 0 Å². The van der Waals surface area contributed by atoms with E-state index in [4.69, 9.17) is 9.15 Å². The average molecular weight is 288 g/mol. The number of fused-ring (bicyclic) bond motifs is 1. The smallest absolute Gasteiger partial charge is 0.224 e. The first-order chi connectivity index (χ1) is 10.3. The molecule has 2 aromatic rings. The van der Waals surface area contributed by atoms with E-state index in [-0.39, 0.29) is 11.8 Å². The first-order valence-electron chi connectivity index (χ1n) is 7.40. The highest BCUT2D eigenvalue weighted by Crippen LogP contribution is 2.29. The number of methoxy groups -OCH3 is 1. The summed E-state index contributed by atoms with van der Waals surface area (Å²) in [4.78, 5) is 18.6. The molecule has 0 radical (unpaired) electrons. The van der Waals surface area contributed by atoms with E-state index in [1.807, 2.05) is 29.2 Å². The van der Waals surface area contributed by atoms with Crippen molar-refractivity contribution in [2.45, 2.75) is 25.2 Å². The van der Waals surface area contributed by atoms with Crippen LogP contribution < -0.4 is 0 Å². The van der Waals surface area contributed by atoms with Crippen LogP contribution in [0.3, 0.4) is 0 Å². The number of hydrogen-bond acceptors (Lipinski definition) is 4. The van der Waals surface area contributed by atoms with Gasteiger partial charge < -0.3 is 14.1 Å². The zero-order valence-corrected chi connectivity index (χ0v) is 12.2. The van der Waals surface area contributed by atoms with Gasteiger partial charge in [0.25, 0.3) is 0 Å². The summed E-state index contributed by atoms with van der Waals surface area (Å²) in [6, 6.07) is 7.78. The molecule has 3 rings (SSSR count). The minimum absolute atomic E-state index is 0.151. The number of benzene rings is 1. The van der Waals surface area contributed by atoms with Crippen LogP contribution in [0.5, 0.6) is 0 Å². The molecule has 1 saturated heterocycles. The fourth-order valence-corrected chi connectivity index (χ4v) is 2.82. The maximum absolute atomic E-state index is 12.1. The fraction of sp³-hybridized carbons (Fsp3) is 0.500. The topological polar surface area (TPSA) is 55.6 Å². The van der Waals surface area contributed by atoms with Crippen molar-refractivity contribution in [3.05, 3.63) is 30.2 Å². The van der Waals surface area contributed by atoms with Crippen molar-refractivity contribution in [3.8, 4) is 0 Å². The Bertz CT molecular complexity index is 590. The van der Waals surface area contributed by atoms with Gasteiger partial charge in [-0.15, -0.1) is 0 Å². The van der Waals surface area contributed by atoms with Gasteiger partial charge in [0, 0.05) is 20.2 Å². The Morgan fingerprint density at radius 2 is 2.33 bits per heavy atom. The molecule has 2 heterocycles. The molecule has 1 aliphatic heterocycles. The van der Waals surface area contributed by atoms with Gasteiger partial charge in [-0.25, -0.2) is 4.98 Å². The predicted octanol–water partition coefficient (Wildman–Crippen LogP) is 2.57. The number of piperidine rings is 1. The number of amides is 1. The van der Waals surface area contributed by atoms with Gasteiger partial charge in [-0.2, -0.15) is 0 Å². The number of rotatable bonds is 4. The lowest BCUT2D eigenvalue weighted by Crippen LogP contribution is -2.39. The van der Waals surface area contributed by atoms with Gasteiger partial charge in [0.05, 0.1) is 18.9 Å². The minimum Gasteiger partial charge on any atom is -0.440 e. The second-order valence-corrected chi connectivity index (χ2v) is 5.44. The number of likely N-dealkylation sites (tertiary alicyclic amines) is 1. The van der Waals surface area contributed by atoms with Crippen molar-refractivity contribution in [2.24, 2.45) is 0 Å². The Morgan fingerprint density at radius 1 is 1.48 bits per heavy atom. The highest BCUT2D eigenvalue weighted by Gasteiger charge is 2.27. The molecule has 0 saturated carbocycles. The highest BCUT2D eigenvalue weighted by molar-refractivity contribution is 5.76. The molecule has 0 N–H and O–H groups in total. The van der Waals surface area contributed by atoms with E-state index < -0.39 is 0 Å². The molecule has 0 aliphatic carbocycles. The Balaban J connectivity index is 1.72. The standard InChI is InChI=1S/C16H20N2O3/c1-20-10-8-15(19)18-9-4-5-12(11-18)16-17-13-6-2-3-7-14(13)21-16/h2-3,6-7,12H,4-5,8-11H2,1H3/t12-/m0/s1. The van der Waals surface area contributed by atoms with E-state index >= 15 is 0 Å². The number of oxazole rings is 1. The fourth-order valence-electron chi connectivity index (χ4n) is 2.82. The van der Waals surface area contributed by atoms with Gasteiger partial charge in [-0.1, -0.05) is 12.1 Å². The zero-order valence-electron chi connectivity index (χ0n) is 12.2. The number of aromatic nitrogens is 1. The molecule has 0 unspecified atom stereocenters. The van der Waals surface area contributed by atoms with Gasteiger partial charge in [0.2, 0.25) is 5.91 Å². The first-order valence-corrected chi connectivity index (χ1v) is 7.40. The third-order valence-corrected chi connectivity index (χ3v) is 3.95. The molecule has 1 aromatic carbocycles. The largest absolute Gasteiger partial charge is 0.440 e. The zero-order chi connectivity index (χ0) is 14.7. The lowest BCUT2D eigenvalue weighted by atomic mass is 9.98. The Morgan fingerprint density at radius 3 is 3.14 bits per heavy atom. The Kier molecular flexibility index (Phi) is 4.20. The minimum atomic E-state index is 0.151. The maximum Gasteiger partial charge on any atom is 0.224 e. The van der Waals surface area contributed by atoms with E-state index in [0.717, 1.165) is 36.4 Å². The molecule has 112 valence electrons. The molecule has 5 heteroatoms. The quantitative estimate of drug-likeness (QED) is 0.867. The molecular weight excluding hydrogens is 268 g/mol. The summed E-state index contributed by atoms with van der Waals surface area (Å²) in [5.74, 6) is 1.09. The van der Waals surface area contributed by atoms with Gasteiger partial charge in [0.1, 0.15) is 5.52 Å². The highest BCUT2D eigenvalue weighted by atomic mass is 16.5. The normalized spacial score (nSPS) is 19.1. The van der Waals surface area contributed by atoms with Crippen LogP contribution in [0.1, 0.15) is 31.1 Å².